The lowest BCUT2D eigenvalue weighted by Gasteiger charge is -2.23. The molecule has 0 unspecified atom stereocenters. The van der Waals surface area contributed by atoms with Gasteiger partial charge in [-0.25, -0.2) is 9.97 Å². The van der Waals surface area contributed by atoms with Crippen molar-refractivity contribution in [3.05, 3.63) is 42.7 Å². The van der Waals surface area contributed by atoms with Gasteiger partial charge in [0.25, 0.3) is 0 Å². The Morgan fingerprint density at radius 2 is 2.00 bits per heavy atom. The summed E-state index contributed by atoms with van der Waals surface area (Å²) in [6.45, 7) is 2.05. The quantitative estimate of drug-likeness (QED) is 0.786. The molecular formula is C19H22N4O3S. The molecule has 1 fully saturated rings. The number of carbonyl (C=O) groups excluding carboxylic acids is 2. The van der Waals surface area contributed by atoms with Crippen molar-refractivity contribution >= 4 is 29.3 Å². The molecule has 3 rings (SSSR count). The highest BCUT2D eigenvalue weighted by Gasteiger charge is 2.34. The van der Waals surface area contributed by atoms with Crippen LogP contribution in [0.1, 0.15) is 26.2 Å². The van der Waals surface area contributed by atoms with Crippen molar-refractivity contribution in [3.63, 3.8) is 0 Å². The number of unbranched alkanes of at least 4 members (excludes halogenated alkanes) is 1. The fourth-order valence-corrected chi connectivity index (χ4v) is 3.83. The normalized spacial score (nSPS) is 16.2. The number of benzene rings is 1. The van der Waals surface area contributed by atoms with E-state index in [0.29, 0.717) is 29.5 Å². The lowest BCUT2D eigenvalue weighted by molar-refractivity contribution is -0.136. The first-order valence-electron chi connectivity index (χ1n) is 8.90. The van der Waals surface area contributed by atoms with Gasteiger partial charge in [0, 0.05) is 30.3 Å². The number of hydrogen-bond acceptors (Lipinski definition) is 6. The minimum Gasteiger partial charge on any atom is -0.424 e. The van der Waals surface area contributed by atoms with Crippen LogP contribution >= 0.6 is 11.8 Å². The Hall–Kier alpha value is -2.61. The predicted molar refractivity (Wildman–Crippen MR) is 105 cm³/mol. The highest BCUT2D eigenvalue weighted by molar-refractivity contribution is 7.99. The zero-order valence-electron chi connectivity index (χ0n) is 15.1. The summed E-state index contributed by atoms with van der Waals surface area (Å²) in [6.07, 6.45) is 5.51. The summed E-state index contributed by atoms with van der Waals surface area (Å²) < 4.78 is 5.53. The van der Waals surface area contributed by atoms with Gasteiger partial charge in [-0.3, -0.25) is 9.59 Å². The molecule has 27 heavy (non-hydrogen) atoms. The molecule has 0 aliphatic carbocycles. The number of anilines is 1. The van der Waals surface area contributed by atoms with Crippen molar-refractivity contribution in [1.82, 2.24) is 14.9 Å². The summed E-state index contributed by atoms with van der Waals surface area (Å²) in [6, 6.07) is 8.53. The number of amides is 2. The summed E-state index contributed by atoms with van der Waals surface area (Å²) in [7, 11) is 0. The second-order valence-corrected chi connectivity index (χ2v) is 7.13. The van der Waals surface area contributed by atoms with E-state index in [4.69, 9.17) is 4.74 Å². The molecule has 1 atom stereocenters. The lowest BCUT2D eigenvalue weighted by Crippen LogP contribution is -2.44. The van der Waals surface area contributed by atoms with Crippen molar-refractivity contribution in [3.8, 4) is 11.8 Å². The van der Waals surface area contributed by atoms with Gasteiger partial charge in [-0.2, -0.15) is 0 Å². The Kier molecular flexibility index (Phi) is 6.64. The van der Waals surface area contributed by atoms with Crippen molar-refractivity contribution in [2.45, 2.75) is 32.2 Å². The fourth-order valence-electron chi connectivity index (χ4n) is 2.65. The van der Waals surface area contributed by atoms with E-state index >= 15 is 0 Å². The van der Waals surface area contributed by atoms with Crippen LogP contribution in [0.15, 0.2) is 42.7 Å². The first-order valence-corrected chi connectivity index (χ1v) is 10.1. The smallest absolute Gasteiger partial charge is 0.321 e. The van der Waals surface area contributed by atoms with Crippen LogP contribution in [0.2, 0.25) is 0 Å². The van der Waals surface area contributed by atoms with Crippen LogP contribution in [0.3, 0.4) is 0 Å². The van der Waals surface area contributed by atoms with E-state index in [9.17, 15) is 9.59 Å². The van der Waals surface area contributed by atoms with Gasteiger partial charge >= 0.3 is 6.01 Å². The molecule has 1 aromatic heterocycles. The Morgan fingerprint density at radius 3 is 2.70 bits per heavy atom. The minimum atomic E-state index is -0.423. The van der Waals surface area contributed by atoms with Crippen LogP contribution in [0, 0.1) is 0 Å². The van der Waals surface area contributed by atoms with Crippen LogP contribution in [-0.2, 0) is 9.59 Å². The topological polar surface area (TPSA) is 84.4 Å². The summed E-state index contributed by atoms with van der Waals surface area (Å²) >= 11 is 1.61. The molecule has 0 bridgehead atoms. The Balaban J connectivity index is 1.58. The predicted octanol–water partition coefficient (Wildman–Crippen LogP) is 3.30. The minimum absolute atomic E-state index is 0.0496. The fraction of sp³-hybridized carbons (Fsp3) is 0.368. The molecular weight excluding hydrogens is 364 g/mol. The largest absolute Gasteiger partial charge is 0.424 e. The summed E-state index contributed by atoms with van der Waals surface area (Å²) in [5.41, 5.74) is 0.652. The van der Waals surface area contributed by atoms with Gasteiger partial charge in [0.05, 0.1) is 5.88 Å². The van der Waals surface area contributed by atoms with Crippen molar-refractivity contribution in [2.24, 2.45) is 0 Å². The third kappa shape index (κ3) is 5.19. The Bertz CT molecular complexity index is 770. The molecule has 2 aromatic rings. The summed E-state index contributed by atoms with van der Waals surface area (Å²) in [5.74, 6) is 1.66. The molecule has 1 saturated heterocycles. The molecule has 0 radical (unpaired) electrons. The maximum absolute atomic E-state index is 12.6. The number of rotatable bonds is 7. The van der Waals surface area contributed by atoms with Crippen LogP contribution in [0.4, 0.5) is 5.69 Å². The number of ether oxygens (including phenoxy) is 1. The van der Waals surface area contributed by atoms with Gasteiger partial charge in [0.1, 0.15) is 11.8 Å². The molecule has 1 aliphatic heterocycles. The molecule has 8 heteroatoms. The third-order valence-electron chi connectivity index (χ3n) is 4.12. The number of carbonyl (C=O) groups is 2. The van der Waals surface area contributed by atoms with Gasteiger partial charge in [-0.05, 0) is 36.8 Å². The van der Waals surface area contributed by atoms with E-state index in [1.807, 2.05) is 6.92 Å². The molecule has 142 valence electrons. The van der Waals surface area contributed by atoms with Crippen LogP contribution in [0.5, 0.6) is 11.8 Å². The van der Waals surface area contributed by atoms with Gasteiger partial charge in [0.15, 0.2) is 0 Å². The maximum atomic E-state index is 12.6. The highest BCUT2D eigenvalue weighted by atomic mass is 32.2. The van der Waals surface area contributed by atoms with Crippen LogP contribution < -0.4 is 10.1 Å². The van der Waals surface area contributed by atoms with Crippen LogP contribution in [-0.4, -0.2) is 44.4 Å². The third-order valence-corrected chi connectivity index (χ3v) is 5.13. The standard InChI is InChI=1S/C19H22N4O3S/c1-2-3-5-17(24)23-13-27-12-16(23)18(25)22-14-6-8-15(9-7-14)26-19-20-10-4-11-21-19/h4,6-11,16H,2-3,5,12-13H2,1H3,(H,22,25)/t16-/m1/s1. The van der Waals surface area contributed by atoms with E-state index in [-0.39, 0.29) is 17.8 Å². The first kappa shape index (κ1) is 19.2. The lowest BCUT2D eigenvalue weighted by atomic mass is 10.2. The average molecular weight is 386 g/mol. The zero-order chi connectivity index (χ0) is 19.1. The van der Waals surface area contributed by atoms with E-state index in [1.165, 1.54) is 0 Å². The van der Waals surface area contributed by atoms with Gasteiger partial charge in [-0.1, -0.05) is 13.3 Å². The van der Waals surface area contributed by atoms with E-state index in [0.717, 1.165) is 12.8 Å². The number of thioether (sulfide) groups is 1. The molecule has 2 heterocycles. The SMILES string of the molecule is CCCCC(=O)N1CSC[C@@H]1C(=O)Nc1ccc(Oc2ncccn2)cc1. The van der Waals surface area contributed by atoms with Crippen LogP contribution in [0.25, 0.3) is 0 Å². The zero-order valence-corrected chi connectivity index (χ0v) is 15.9. The number of aromatic nitrogens is 2. The second-order valence-electron chi connectivity index (χ2n) is 6.13. The molecule has 1 N–H and O–H groups in total. The molecule has 1 aromatic carbocycles. The number of nitrogens with zero attached hydrogens (tertiary/aromatic N) is 3. The molecule has 1 aliphatic rings. The Labute approximate surface area is 162 Å². The summed E-state index contributed by atoms with van der Waals surface area (Å²) in [5, 5.41) is 2.88. The number of nitrogens with one attached hydrogen (secondary N) is 1. The van der Waals surface area contributed by atoms with Gasteiger partial charge in [-0.15, -0.1) is 11.8 Å². The monoisotopic (exact) mass is 386 g/mol. The van der Waals surface area contributed by atoms with Crippen molar-refractivity contribution in [1.29, 1.82) is 0 Å². The van der Waals surface area contributed by atoms with E-state index < -0.39 is 6.04 Å². The van der Waals surface area contributed by atoms with E-state index in [2.05, 4.69) is 15.3 Å². The molecule has 2 amide bonds. The van der Waals surface area contributed by atoms with Gasteiger partial charge < -0.3 is 15.0 Å². The van der Waals surface area contributed by atoms with E-state index in [1.54, 1.807) is 59.4 Å². The van der Waals surface area contributed by atoms with Gasteiger partial charge in [0.2, 0.25) is 11.8 Å². The molecule has 7 nitrogen and oxygen atoms in total. The average Bonchev–Trinajstić information content (AvgIpc) is 3.18. The highest BCUT2D eigenvalue weighted by Crippen LogP contribution is 2.24. The first-order chi connectivity index (χ1) is 13.2. The Morgan fingerprint density at radius 1 is 1.26 bits per heavy atom. The second kappa shape index (κ2) is 9.36. The number of hydrogen-bond donors (Lipinski definition) is 1. The molecule has 0 spiro atoms. The molecule has 0 saturated carbocycles. The summed E-state index contributed by atoms with van der Waals surface area (Å²) in [4.78, 5) is 34.6. The maximum Gasteiger partial charge on any atom is 0.321 e. The van der Waals surface area contributed by atoms with Crippen molar-refractivity contribution in [2.75, 3.05) is 16.9 Å². The van der Waals surface area contributed by atoms with Crippen molar-refractivity contribution < 1.29 is 14.3 Å².